The molecule has 1 aromatic rings. The SMILES string of the molecule is CCC(O)CCNS(=O)(=O)c1ccc(Br)c(C)c1. The molecule has 6 heteroatoms. The number of halogens is 1. The average molecular weight is 336 g/mol. The van der Waals surface area contributed by atoms with Crippen molar-refractivity contribution in [1.29, 1.82) is 0 Å². The summed E-state index contributed by atoms with van der Waals surface area (Å²) in [7, 11) is -3.49. The normalized spacial score (nSPS) is 13.6. The van der Waals surface area contributed by atoms with Gasteiger partial charge in [-0.2, -0.15) is 0 Å². The standard InChI is InChI=1S/C12H18BrNO3S/c1-3-10(15)6-7-14-18(16,17)11-4-5-12(13)9(2)8-11/h4-5,8,10,14-15H,3,6-7H2,1-2H3. The molecule has 1 rings (SSSR count). The Kier molecular flexibility index (Phi) is 5.78. The van der Waals surface area contributed by atoms with E-state index in [4.69, 9.17) is 0 Å². The van der Waals surface area contributed by atoms with E-state index in [-0.39, 0.29) is 11.4 Å². The van der Waals surface area contributed by atoms with Crippen molar-refractivity contribution in [3.05, 3.63) is 28.2 Å². The number of sulfonamides is 1. The van der Waals surface area contributed by atoms with E-state index in [1.807, 2.05) is 13.8 Å². The first-order chi connectivity index (χ1) is 8.36. The molecule has 0 aliphatic rings. The first-order valence-corrected chi connectivity index (χ1v) is 8.08. The Morgan fingerprint density at radius 2 is 2.11 bits per heavy atom. The van der Waals surface area contributed by atoms with Gasteiger partial charge in [-0.1, -0.05) is 22.9 Å². The first kappa shape index (κ1) is 15.6. The summed E-state index contributed by atoms with van der Waals surface area (Å²) in [5.41, 5.74) is 0.867. The lowest BCUT2D eigenvalue weighted by atomic mass is 10.2. The Morgan fingerprint density at radius 1 is 1.44 bits per heavy atom. The van der Waals surface area contributed by atoms with Gasteiger partial charge in [0.25, 0.3) is 0 Å². The van der Waals surface area contributed by atoms with Crippen molar-refractivity contribution in [1.82, 2.24) is 4.72 Å². The first-order valence-electron chi connectivity index (χ1n) is 5.80. The summed E-state index contributed by atoms with van der Waals surface area (Å²) in [6.07, 6.45) is 0.587. The van der Waals surface area contributed by atoms with Crippen molar-refractivity contribution in [3.63, 3.8) is 0 Å². The largest absolute Gasteiger partial charge is 0.393 e. The number of aryl methyl sites for hydroxylation is 1. The van der Waals surface area contributed by atoms with Crippen molar-refractivity contribution in [2.24, 2.45) is 0 Å². The Labute approximate surface area is 117 Å². The highest BCUT2D eigenvalue weighted by atomic mass is 79.9. The average Bonchev–Trinajstić information content (AvgIpc) is 2.32. The summed E-state index contributed by atoms with van der Waals surface area (Å²) in [6, 6.07) is 4.88. The van der Waals surface area contributed by atoms with Crippen molar-refractivity contribution in [2.45, 2.75) is 37.7 Å². The van der Waals surface area contributed by atoms with Gasteiger partial charge in [-0.05, 0) is 43.5 Å². The molecule has 0 aromatic heterocycles. The van der Waals surface area contributed by atoms with Crippen LogP contribution < -0.4 is 4.72 Å². The molecule has 0 saturated carbocycles. The number of hydrogen-bond donors (Lipinski definition) is 2. The molecule has 0 amide bonds. The van der Waals surface area contributed by atoms with E-state index in [1.165, 1.54) is 0 Å². The van der Waals surface area contributed by atoms with E-state index < -0.39 is 16.1 Å². The minimum Gasteiger partial charge on any atom is -0.393 e. The molecule has 1 unspecified atom stereocenters. The lowest BCUT2D eigenvalue weighted by Crippen LogP contribution is -2.27. The third-order valence-corrected chi connectivity index (χ3v) is 5.03. The van der Waals surface area contributed by atoms with E-state index in [2.05, 4.69) is 20.7 Å². The van der Waals surface area contributed by atoms with Crippen molar-refractivity contribution < 1.29 is 13.5 Å². The highest BCUT2D eigenvalue weighted by Crippen LogP contribution is 2.19. The van der Waals surface area contributed by atoms with Crippen molar-refractivity contribution in [2.75, 3.05) is 6.54 Å². The van der Waals surface area contributed by atoms with Crippen LogP contribution in [0.5, 0.6) is 0 Å². The Bertz CT molecular complexity index is 502. The van der Waals surface area contributed by atoms with Crippen molar-refractivity contribution in [3.8, 4) is 0 Å². The van der Waals surface area contributed by atoms with E-state index in [0.717, 1.165) is 10.0 Å². The molecule has 0 fully saturated rings. The highest BCUT2D eigenvalue weighted by Gasteiger charge is 2.14. The molecule has 0 aliphatic heterocycles. The fraction of sp³-hybridized carbons (Fsp3) is 0.500. The van der Waals surface area contributed by atoms with Crippen molar-refractivity contribution >= 4 is 26.0 Å². The molecule has 0 saturated heterocycles. The van der Waals surface area contributed by atoms with Gasteiger partial charge in [0, 0.05) is 11.0 Å². The van der Waals surface area contributed by atoms with Crippen LogP contribution in [-0.2, 0) is 10.0 Å². The van der Waals surface area contributed by atoms with Crippen LogP contribution in [0.25, 0.3) is 0 Å². The van der Waals surface area contributed by atoms with Gasteiger partial charge in [-0.3, -0.25) is 0 Å². The second-order valence-corrected chi connectivity index (χ2v) is 6.78. The zero-order valence-electron chi connectivity index (χ0n) is 10.5. The molecule has 18 heavy (non-hydrogen) atoms. The maximum atomic E-state index is 12.0. The third-order valence-electron chi connectivity index (χ3n) is 2.68. The van der Waals surface area contributed by atoms with Crippen LogP contribution in [-0.4, -0.2) is 26.2 Å². The number of nitrogens with one attached hydrogen (secondary N) is 1. The molecule has 0 spiro atoms. The fourth-order valence-corrected chi connectivity index (χ4v) is 2.81. The summed E-state index contributed by atoms with van der Waals surface area (Å²) in [4.78, 5) is 0.245. The van der Waals surface area contributed by atoms with Gasteiger partial charge in [0.2, 0.25) is 10.0 Å². The predicted octanol–water partition coefficient (Wildman–Crippen LogP) is 2.20. The van der Waals surface area contributed by atoms with Gasteiger partial charge >= 0.3 is 0 Å². The monoisotopic (exact) mass is 335 g/mol. The van der Waals surface area contributed by atoms with Crippen LogP contribution in [0, 0.1) is 6.92 Å². The highest BCUT2D eigenvalue weighted by molar-refractivity contribution is 9.10. The molecule has 1 atom stereocenters. The number of aliphatic hydroxyl groups is 1. The molecular weight excluding hydrogens is 318 g/mol. The summed E-state index contributed by atoms with van der Waals surface area (Å²) in [5.74, 6) is 0. The maximum Gasteiger partial charge on any atom is 0.240 e. The Hall–Kier alpha value is -0.430. The van der Waals surface area contributed by atoms with Gasteiger partial charge in [0.05, 0.1) is 11.0 Å². The minimum absolute atomic E-state index is 0.243. The molecule has 102 valence electrons. The predicted molar refractivity (Wildman–Crippen MR) is 75.0 cm³/mol. The molecule has 0 aliphatic carbocycles. The second kappa shape index (κ2) is 6.65. The van der Waals surface area contributed by atoms with Crippen LogP contribution in [0.3, 0.4) is 0 Å². The lowest BCUT2D eigenvalue weighted by Gasteiger charge is -2.10. The topological polar surface area (TPSA) is 66.4 Å². The second-order valence-electron chi connectivity index (χ2n) is 4.16. The number of rotatable bonds is 6. The summed E-state index contributed by atoms with van der Waals surface area (Å²) in [6.45, 7) is 3.94. The zero-order valence-corrected chi connectivity index (χ0v) is 12.9. The quantitative estimate of drug-likeness (QED) is 0.837. The molecule has 0 heterocycles. The Morgan fingerprint density at radius 3 is 2.67 bits per heavy atom. The molecule has 2 N–H and O–H groups in total. The molecule has 0 bridgehead atoms. The lowest BCUT2D eigenvalue weighted by molar-refractivity contribution is 0.162. The van der Waals surface area contributed by atoms with Crippen LogP contribution in [0.1, 0.15) is 25.3 Å². The summed E-state index contributed by atoms with van der Waals surface area (Å²) < 4.78 is 27.3. The molecular formula is C12H18BrNO3S. The summed E-state index contributed by atoms with van der Waals surface area (Å²) >= 11 is 3.33. The van der Waals surface area contributed by atoms with Gasteiger partial charge in [0.15, 0.2) is 0 Å². The minimum atomic E-state index is -3.49. The number of aliphatic hydroxyl groups excluding tert-OH is 1. The number of hydrogen-bond acceptors (Lipinski definition) is 3. The maximum absolute atomic E-state index is 12.0. The van der Waals surface area contributed by atoms with Gasteiger partial charge < -0.3 is 5.11 Å². The van der Waals surface area contributed by atoms with Gasteiger partial charge in [-0.15, -0.1) is 0 Å². The van der Waals surface area contributed by atoms with Crippen LogP contribution >= 0.6 is 15.9 Å². The van der Waals surface area contributed by atoms with E-state index in [1.54, 1.807) is 18.2 Å². The fourth-order valence-electron chi connectivity index (χ4n) is 1.43. The van der Waals surface area contributed by atoms with E-state index >= 15 is 0 Å². The van der Waals surface area contributed by atoms with Gasteiger partial charge in [0.1, 0.15) is 0 Å². The van der Waals surface area contributed by atoms with Crippen LogP contribution in [0.15, 0.2) is 27.6 Å². The molecule has 4 nitrogen and oxygen atoms in total. The zero-order chi connectivity index (χ0) is 13.8. The van der Waals surface area contributed by atoms with E-state index in [9.17, 15) is 13.5 Å². The summed E-state index contributed by atoms with van der Waals surface area (Å²) in [5, 5.41) is 9.36. The Balaban J connectivity index is 2.71. The van der Waals surface area contributed by atoms with Gasteiger partial charge in [-0.25, -0.2) is 13.1 Å². The smallest absolute Gasteiger partial charge is 0.240 e. The molecule has 0 radical (unpaired) electrons. The molecule has 1 aromatic carbocycles. The third kappa shape index (κ3) is 4.35. The van der Waals surface area contributed by atoms with Crippen LogP contribution in [0.2, 0.25) is 0 Å². The van der Waals surface area contributed by atoms with Crippen LogP contribution in [0.4, 0.5) is 0 Å². The van der Waals surface area contributed by atoms with E-state index in [0.29, 0.717) is 12.8 Å². The number of benzene rings is 1.